The first-order valence-corrected chi connectivity index (χ1v) is 12.1. The lowest BCUT2D eigenvalue weighted by Crippen LogP contribution is -2.41. The van der Waals surface area contributed by atoms with E-state index in [1.165, 1.54) is 11.3 Å². The second kappa shape index (κ2) is 9.87. The Morgan fingerprint density at radius 1 is 1.14 bits per heavy atom. The number of thiophene rings is 1. The van der Waals surface area contributed by atoms with Crippen LogP contribution >= 0.6 is 11.3 Å². The lowest BCUT2D eigenvalue weighted by Gasteiger charge is -2.27. The molecule has 4 rings (SSSR count). The Kier molecular flexibility index (Phi) is 6.88. The zero-order valence-electron chi connectivity index (χ0n) is 20.4. The predicted octanol–water partition coefficient (Wildman–Crippen LogP) is 4.79. The lowest BCUT2D eigenvalue weighted by molar-refractivity contribution is 0.0910. The van der Waals surface area contributed by atoms with Crippen molar-refractivity contribution in [1.29, 1.82) is 0 Å². The van der Waals surface area contributed by atoms with Crippen LogP contribution in [0.2, 0.25) is 0 Å². The quantitative estimate of drug-likeness (QED) is 0.344. The average Bonchev–Trinajstić information content (AvgIpc) is 3.49. The van der Waals surface area contributed by atoms with E-state index >= 15 is 0 Å². The largest absolute Gasteiger partial charge is 0.496 e. The monoisotopic (exact) mass is 491 g/mol. The number of ether oxygens (including phenoxy) is 1. The van der Waals surface area contributed by atoms with Gasteiger partial charge in [0.1, 0.15) is 11.3 Å². The molecule has 1 atom stereocenters. The van der Waals surface area contributed by atoms with E-state index in [1.54, 1.807) is 25.6 Å². The van der Waals surface area contributed by atoms with E-state index in [1.807, 2.05) is 37.3 Å². The van der Waals surface area contributed by atoms with Gasteiger partial charge in [-0.2, -0.15) is 0 Å². The van der Waals surface area contributed by atoms with Crippen LogP contribution in [0.3, 0.4) is 0 Å². The minimum atomic E-state index is -0.201. The highest BCUT2D eigenvalue weighted by atomic mass is 32.1. The van der Waals surface area contributed by atoms with Crippen molar-refractivity contribution in [3.05, 3.63) is 64.8 Å². The highest BCUT2D eigenvalue weighted by Crippen LogP contribution is 2.28. The van der Waals surface area contributed by atoms with Crippen molar-refractivity contribution >= 4 is 34.3 Å². The van der Waals surface area contributed by atoms with Gasteiger partial charge >= 0.3 is 0 Å². The van der Waals surface area contributed by atoms with Gasteiger partial charge in [-0.15, -0.1) is 11.3 Å². The van der Waals surface area contributed by atoms with Gasteiger partial charge in [0.2, 0.25) is 0 Å². The predicted molar refractivity (Wildman–Crippen MR) is 138 cm³/mol. The van der Waals surface area contributed by atoms with Crippen LogP contribution in [-0.2, 0) is 6.54 Å². The van der Waals surface area contributed by atoms with Gasteiger partial charge in [-0.05, 0) is 30.5 Å². The van der Waals surface area contributed by atoms with Crippen LogP contribution in [0.1, 0.15) is 53.3 Å². The smallest absolute Gasteiger partial charge is 0.261 e. The number of aromatic nitrogens is 3. The molecule has 0 aliphatic rings. The third-order valence-corrected chi connectivity index (χ3v) is 7.09. The van der Waals surface area contributed by atoms with Gasteiger partial charge in [0.05, 0.1) is 34.3 Å². The minimum Gasteiger partial charge on any atom is -0.496 e. The van der Waals surface area contributed by atoms with Crippen molar-refractivity contribution in [2.45, 2.75) is 40.3 Å². The second-order valence-corrected chi connectivity index (χ2v) is 10.5. The van der Waals surface area contributed by atoms with Gasteiger partial charge in [0, 0.05) is 24.3 Å². The number of H-pyrrole nitrogens is 1. The Morgan fingerprint density at radius 2 is 1.91 bits per heavy atom. The van der Waals surface area contributed by atoms with Gasteiger partial charge in [0.15, 0.2) is 5.65 Å². The molecule has 0 unspecified atom stereocenters. The maximum atomic E-state index is 12.9. The first-order chi connectivity index (χ1) is 16.7. The molecule has 0 fully saturated rings. The average molecular weight is 492 g/mol. The number of rotatable bonds is 7. The molecule has 35 heavy (non-hydrogen) atoms. The van der Waals surface area contributed by atoms with Crippen LogP contribution < -0.4 is 15.4 Å². The van der Waals surface area contributed by atoms with E-state index in [0.717, 1.165) is 16.2 Å². The van der Waals surface area contributed by atoms with E-state index in [0.29, 0.717) is 33.8 Å². The number of methoxy groups -OCH3 is 1. The number of nitrogens with zero attached hydrogens (tertiary/aromatic N) is 2. The summed E-state index contributed by atoms with van der Waals surface area (Å²) >= 11 is 1.32. The van der Waals surface area contributed by atoms with Gasteiger partial charge in [-0.3, -0.25) is 9.59 Å². The van der Waals surface area contributed by atoms with Crippen molar-refractivity contribution in [2.75, 3.05) is 7.11 Å². The number of hydrogen-bond acceptors (Lipinski definition) is 6. The summed E-state index contributed by atoms with van der Waals surface area (Å²) in [5, 5.41) is 5.97. The standard InChI is InChI=1S/C26H29N5O3S/c1-15(26(2,3)4)30-24(32)17-13-27-23-22(17)31-18(14-28-23)20-10-11-21(35-20)25(33)29-12-16-8-6-7-9-19(16)34-5/h6-11,13-15H,12H2,1-5H3,(H,27,28)(H,29,33)(H,30,32)/t15-/m0/s1. The third kappa shape index (κ3) is 5.35. The molecular formula is C26H29N5O3S. The molecule has 9 heteroatoms. The number of carbonyl (C=O) groups excluding carboxylic acids is 2. The fourth-order valence-corrected chi connectivity index (χ4v) is 4.26. The summed E-state index contributed by atoms with van der Waals surface area (Å²) < 4.78 is 5.34. The third-order valence-electron chi connectivity index (χ3n) is 5.99. The van der Waals surface area contributed by atoms with E-state index < -0.39 is 0 Å². The summed E-state index contributed by atoms with van der Waals surface area (Å²) in [4.78, 5) is 39.1. The SMILES string of the molecule is COc1ccccc1CNC(=O)c1ccc(-c2cnc3[nH]cc(C(=O)N[C@@H](C)C(C)(C)C)c3n2)s1. The molecule has 0 aliphatic heterocycles. The van der Waals surface area contributed by atoms with E-state index in [-0.39, 0.29) is 23.3 Å². The molecule has 0 aliphatic carbocycles. The van der Waals surface area contributed by atoms with Crippen molar-refractivity contribution in [3.8, 4) is 16.3 Å². The molecule has 3 heterocycles. The van der Waals surface area contributed by atoms with Crippen LogP contribution in [0.5, 0.6) is 5.75 Å². The summed E-state index contributed by atoms with van der Waals surface area (Å²) in [6.07, 6.45) is 3.27. The summed E-state index contributed by atoms with van der Waals surface area (Å²) in [5.41, 5.74) is 2.90. The van der Waals surface area contributed by atoms with Crippen LogP contribution in [-0.4, -0.2) is 39.9 Å². The second-order valence-electron chi connectivity index (χ2n) is 9.37. The van der Waals surface area contributed by atoms with E-state index in [2.05, 4.69) is 41.4 Å². The molecule has 0 bridgehead atoms. The fraction of sp³-hybridized carbons (Fsp3) is 0.308. The number of aromatic amines is 1. The Balaban J connectivity index is 1.51. The molecule has 0 saturated heterocycles. The number of benzene rings is 1. The number of hydrogen-bond donors (Lipinski definition) is 3. The molecule has 8 nitrogen and oxygen atoms in total. The highest BCUT2D eigenvalue weighted by Gasteiger charge is 2.24. The van der Waals surface area contributed by atoms with Crippen molar-refractivity contribution in [2.24, 2.45) is 5.41 Å². The van der Waals surface area contributed by atoms with E-state index in [4.69, 9.17) is 9.72 Å². The maximum Gasteiger partial charge on any atom is 0.261 e. The molecule has 1 aromatic carbocycles. The zero-order chi connectivity index (χ0) is 25.2. The number of carbonyl (C=O) groups is 2. The molecule has 3 aromatic heterocycles. The van der Waals surface area contributed by atoms with Gasteiger partial charge < -0.3 is 20.4 Å². The topological polar surface area (TPSA) is 109 Å². The normalized spacial score (nSPS) is 12.4. The Morgan fingerprint density at radius 3 is 2.66 bits per heavy atom. The maximum absolute atomic E-state index is 12.9. The van der Waals surface area contributed by atoms with Crippen molar-refractivity contribution in [3.63, 3.8) is 0 Å². The van der Waals surface area contributed by atoms with Crippen LogP contribution in [0.4, 0.5) is 0 Å². The minimum absolute atomic E-state index is 0.0229. The Labute approximate surface area is 208 Å². The molecule has 4 aromatic rings. The van der Waals surface area contributed by atoms with Crippen LogP contribution in [0.25, 0.3) is 21.7 Å². The number of nitrogens with one attached hydrogen (secondary N) is 3. The summed E-state index contributed by atoms with van der Waals surface area (Å²) in [6, 6.07) is 11.1. The van der Waals surface area contributed by atoms with Crippen LogP contribution in [0, 0.1) is 5.41 Å². The Hall–Kier alpha value is -3.72. The van der Waals surface area contributed by atoms with Gasteiger partial charge in [-0.25, -0.2) is 9.97 Å². The Bertz CT molecular complexity index is 1370. The van der Waals surface area contributed by atoms with Gasteiger partial charge in [-0.1, -0.05) is 39.0 Å². The summed E-state index contributed by atoms with van der Waals surface area (Å²) in [5.74, 6) is 0.346. The zero-order valence-corrected chi connectivity index (χ0v) is 21.2. The molecule has 0 saturated carbocycles. The van der Waals surface area contributed by atoms with Crippen molar-refractivity contribution in [1.82, 2.24) is 25.6 Å². The molecule has 3 N–H and O–H groups in total. The fourth-order valence-electron chi connectivity index (χ4n) is 3.38. The lowest BCUT2D eigenvalue weighted by atomic mass is 9.88. The summed E-state index contributed by atoms with van der Waals surface area (Å²) in [6.45, 7) is 8.57. The molecule has 2 amide bonds. The molecular weight excluding hydrogens is 462 g/mol. The number of amides is 2. The van der Waals surface area contributed by atoms with Crippen LogP contribution in [0.15, 0.2) is 48.8 Å². The number of para-hydroxylation sites is 1. The molecule has 0 radical (unpaired) electrons. The van der Waals surface area contributed by atoms with Crippen molar-refractivity contribution < 1.29 is 14.3 Å². The number of fused-ring (bicyclic) bond motifs is 1. The first-order valence-electron chi connectivity index (χ1n) is 11.3. The molecule has 182 valence electrons. The first kappa shape index (κ1) is 24.4. The van der Waals surface area contributed by atoms with Gasteiger partial charge in [0.25, 0.3) is 11.8 Å². The highest BCUT2D eigenvalue weighted by molar-refractivity contribution is 7.17. The summed E-state index contributed by atoms with van der Waals surface area (Å²) in [7, 11) is 1.61. The molecule has 0 spiro atoms. The van der Waals surface area contributed by atoms with E-state index in [9.17, 15) is 9.59 Å².